The Kier molecular flexibility index (Phi) is 3.07. The molecule has 0 aromatic carbocycles. The molecule has 0 atom stereocenters. The molecule has 2 aromatic heterocycles. The number of aliphatic hydroxyl groups excluding tert-OH is 1. The monoisotopic (exact) mass is 230 g/mol. The van der Waals surface area contributed by atoms with Gasteiger partial charge < -0.3 is 9.67 Å². The van der Waals surface area contributed by atoms with Crippen LogP contribution in [0.15, 0.2) is 6.20 Å². The zero-order valence-electron chi connectivity index (χ0n) is 9.93. The summed E-state index contributed by atoms with van der Waals surface area (Å²) in [6.07, 6.45) is 2.49. The van der Waals surface area contributed by atoms with Crippen molar-refractivity contribution in [2.75, 3.05) is 6.61 Å². The minimum Gasteiger partial charge on any atom is -0.395 e. The highest BCUT2D eigenvalue weighted by Crippen LogP contribution is 2.22. The van der Waals surface area contributed by atoms with Gasteiger partial charge in [-0.3, -0.25) is 0 Å². The third-order valence-electron chi connectivity index (χ3n) is 2.70. The molecule has 17 heavy (non-hydrogen) atoms. The van der Waals surface area contributed by atoms with Gasteiger partial charge in [0.05, 0.1) is 23.3 Å². The molecule has 0 radical (unpaired) electrons. The van der Waals surface area contributed by atoms with Gasteiger partial charge in [0.15, 0.2) is 0 Å². The average Bonchev–Trinajstić information content (AvgIpc) is 2.67. The SMILES string of the molecule is CCc1nc(C)nc2c1c(C#N)cn2CCO. The molecule has 2 rings (SSSR count). The number of nitriles is 1. The fourth-order valence-corrected chi connectivity index (χ4v) is 2.00. The Balaban J connectivity index is 2.80. The lowest BCUT2D eigenvalue weighted by Crippen LogP contribution is -2.03. The maximum Gasteiger partial charge on any atom is 0.145 e. The molecular formula is C12H14N4O. The van der Waals surface area contributed by atoms with E-state index in [1.54, 1.807) is 6.20 Å². The maximum atomic E-state index is 9.13. The number of hydrogen-bond donors (Lipinski definition) is 1. The second-order valence-electron chi connectivity index (χ2n) is 3.84. The highest BCUT2D eigenvalue weighted by molar-refractivity contribution is 5.85. The Morgan fingerprint density at radius 1 is 1.47 bits per heavy atom. The molecule has 0 amide bonds. The van der Waals surface area contributed by atoms with Crippen molar-refractivity contribution in [1.29, 1.82) is 5.26 Å². The van der Waals surface area contributed by atoms with Gasteiger partial charge in [0, 0.05) is 12.7 Å². The topological polar surface area (TPSA) is 74.7 Å². The van der Waals surface area contributed by atoms with Crippen LogP contribution in [-0.2, 0) is 13.0 Å². The highest BCUT2D eigenvalue weighted by Gasteiger charge is 2.14. The smallest absolute Gasteiger partial charge is 0.145 e. The minimum absolute atomic E-state index is 0.0269. The predicted molar refractivity (Wildman–Crippen MR) is 63.4 cm³/mol. The fourth-order valence-electron chi connectivity index (χ4n) is 2.00. The lowest BCUT2D eigenvalue weighted by Gasteiger charge is -2.04. The summed E-state index contributed by atoms with van der Waals surface area (Å²) in [5, 5.41) is 18.9. The molecule has 0 bridgehead atoms. The molecule has 88 valence electrons. The van der Waals surface area contributed by atoms with E-state index in [9.17, 15) is 0 Å². The van der Waals surface area contributed by atoms with Crippen molar-refractivity contribution < 1.29 is 5.11 Å². The number of nitrogens with zero attached hydrogens (tertiary/aromatic N) is 4. The molecule has 0 aliphatic rings. The third-order valence-corrected chi connectivity index (χ3v) is 2.70. The van der Waals surface area contributed by atoms with E-state index in [1.807, 2.05) is 18.4 Å². The molecule has 0 aliphatic heterocycles. The lowest BCUT2D eigenvalue weighted by atomic mass is 10.1. The van der Waals surface area contributed by atoms with Gasteiger partial charge in [0.25, 0.3) is 0 Å². The molecule has 0 aliphatic carbocycles. The molecule has 1 N–H and O–H groups in total. The summed E-state index contributed by atoms with van der Waals surface area (Å²) in [5.41, 5.74) is 2.20. The Bertz CT molecular complexity index is 595. The van der Waals surface area contributed by atoms with E-state index in [-0.39, 0.29) is 6.61 Å². The predicted octanol–water partition coefficient (Wildman–Crippen LogP) is 1.17. The number of aliphatic hydroxyl groups is 1. The van der Waals surface area contributed by atoms with Gasteiger partial charge in [-0.2, -0.15) is 5.26 Å². The van der Waals surface area contributed by atoms with Crippen LogP contribution in [0.2, 0.25) is 0 Å². The van der Waals surface area contributed by atoms with Gasteiger partial charge in [0.2, 0.25) is 0 Å². The maximum absolute atomic E-state index is 9.13. The van der Waals surface area contributed by atoms with Gasteiger partial charge in [0.1, 0.15) is 17.5 Å². The van der Waals surface area contributed by atoms with E-state index in [2.05, 4.69) is 16.0 Å². The first-order valence-corrected chi connectivity index (χ1v) is 5.58. The van der Waals surface area contributed by atoms with Crippen molar-refractivity contribution >= 4 is 11.0 Å². The van der Waals surface area contributed by atoms with Gasteiger partial charge in [-0.1, -0.05) is 6.92 Å². The van der Waals surface area contributed by atoms with Crippen LogP contribution in [0.3, 0.4) is 0 Å². The molecule has 5 heteroatoms. The standard InChI is InChI=1S/C12H14N4O/c1-3-10-11-9(6-13)7-16(4-5-17)12(11)15-8(2)14-10/h7,17H,3-5H2,1-2H3. The van der Waals surface area contributed by atoms with Gasteiger partial charge in [-0.05, 0) is 13.3 Å². The second kappa shape index (κ2) is 4.52. The zero-order chi connectivity index (χ0) is 12.4. The van der Waals surface area contributed by atoms with Gasteiger partial charge in [-0.25, -0.2) is 9.97 Å². The molecule has 0 spiro atoms. The molecule has 0 fully saturated rings. The molecule has 0 unspecified atom stereocenters. The molecule has 2 aromatic rings. The normalized spacial score (nSPS) is 10.7. The van der Waals surface area contributed by atoms with E-state index in [4.69, 9.17) is 10.4 Å². The van der Waals surface area contributed by atoms with Crippen LogP contribution < -0.4 is 0 Å². The number of aromatic nitrogens is 3. The van der Waals surface area contributed by atoms with E-state index < -0.39 is 0 Å². The van der Waals surface area contributed by atoms with Crippen molar-refractivity contribution in [3.05, 3.63) is 23.3 Å². The van der Waals surface area contributed by atoms with E-state index in [1.165, 1.54) is 0 Å². The molecule has 0 saturated heterocycles. The summed E-state index contributed by atoms with van der Waals surface area (Å²) in [5.74, 6) is 0.691. The van der Waals surface area contributed by atoms with Crippen molar-refractivity contribution in [1.82, 2.24) is 14.5 Å². The summed E-state index contributed by atoms with van der Waals surface area (Å²) < 4.78 is 1.81. The van der Waals surface area contributed by atoms with Crippen molar-refractivity contribution in [3.63, 3.8) is 0 Å². The van der Waals surface area contributed by atoms with Crippen molar-refractivity contribution in [3.8, 4) is 6.07 Å². The van der Waals surface area contributed by atoms with E-state index >= 15 is 0 Å². The number of rotatable bonds is 3. The summed E-state index contributed by atoms with van der Waals surface area (Å²) in [6, 6.07) is 2.16. The largest absolute Gasteiger partial charge is 0.395 e. The van der Waals surface area contributed by atoms with Crippen LogP contribution >= 0.6 is 0 Å². The van der Waals surface area contributed by atoms with E-state index in [0.717, 1.165) is 23.1 Å². The Morgan fingerprint density at radius 2 is 2.24 bits per heavy atom. The Hall–Kier alpha value is -1.93. The van der Waals surface area contributed by atoms with Crippen molar-refractivity contribution in [2.24, 2.45) is 0 Å². The minimum atomic E-state index is 0.0269. The summed E-state index contributed by atoms with van der Waals surface area (Å²) in [6.45, 7) is 4.31. The van der Waals surface area contributed by atoms with Crippen LogP contribution in [-0.4, -0.2) is 26.2 Å². The molecule has 0 saturated carbocycles. The molecule has 2 heterocycles. The highest BCUT2D eigenvalue weighted by atomic mass is 16.3. The molecule has 5 nitrogen and oxygen atoms in total. The van der Waals surface area contributed by atoms with Crippen LogP contribution in [0, 0.1) is 18.3 Å². The fraction of sp³-hybridized carbons (Fsp3) is 0.417. The summed E-state index contributed by atoms with van der Waals surface area (Å²) in [7, 11) is 0. The Labute approximate surface area is 99.3 Å². The first-order valence-electron chi connectivity index (χ1n) is 5.58. The zero-order valence-corrected chi connectivity index (χ0v) is 9.93. The third kappa shape index (κ3) is 1.87. The average molecular weight is 230 g/mol. The first-order chi connectivity index (χ1) is 8.21. The van der Waals surface area contributed by atoms with E-state index in [0.29, 0.717) is 17.9 Å². The van der Waals surface area contributed by atoms with Crippen LogP contribution in [0.1, 0.15) is 24.0 Å². The summed E-state index contributed by atoms with van der Waals surface area (Å²) >= 11 is 0. The quantitative estimate of drug-likeness (QED) is 0.858. The lowest BCUT2D eigenvalue weighted by molar-refractivity contribution is 0.278. The molecular weight excluding hydrogens is 216 g/mol. The van der Waals surface area contributed by atoms with Gasteiger partial charge in [-0.15, -0.1) is 0 Å². The van der Waals surface area contributed by atoms with Gasteiger partial charge >= 0.3 is 0 Å². The number of fused-ring (bicyclic) bond motifs is 1. The number of aryl methyl sites for hydroxylation is 2. The summed E-state index contributed by atoms with van der Waals surface area (Å²) in [4.78, 5) is 8.72. The van der Waals surface area contributed by atoms with Crippen molar-refractivity contribution in [2.45, 2.75) is 26.8 Å². The van der Waals surface area contributed by atoms with Crippen LogP contribution in [0.4, 0.5) is 0 Å². The number of hydrogen-bond acceptors (Lipinski definition) is 4. The Morgan fingerprint density at radius 3 is 2.82 bits per heavy atom. The van der Waals surface area contributed by atoms with Crippen LogP contribution in [0.25, 0.3) is 11.0 Å². The first kappa shape index (κ1) is 11.6. The van der Waals surface area contributed by atoms with Crippen LogP contribution in [0.5, 0.6) is 0 Å². The second-order valence-corrected chi connectivity index (χ2v) is 3.84.